The highest BCUT2D eigenvalue weighted by Crippen LogP contribution is 2.37. The van der Waals surface area contributed by atoms with Crippen molar-refractivity contribution in [2.24, 2.45) is 20.7 Å². The fourth-order valence-corrected chi connectivity index (χ4v) is 4.03. The van der Waals surface area contributed by atoms with E-state index in [0.29, 0.717) is 21.1 Å². The number of hydrogen-bond acceptors (Lipinski definition) is 7. The standard InChI is InChI=1S/C18H10F3N5OS2/c19-18(20,21)12-3-1-2-4-13(12)26-16(27)14(29-17(26)28)9-10-5-7-11(8-6-10)15-22-24-25-23-15/h1-9,27H. The van der Waals surface area contributed by atoms with Crippen molar-refractivity contribution in [2.75, 3.05) is 0 Å². The molecule has 0 radical (unpaired) electrons. The summed E-state index contributed by atoms with van der Waals surface area (Å²) in [5.74, 6) is 0.0264. The largest absolute Gasteiger partial charge is 0.493 e. The number of para-hydroxylation sites is 1. The molecule has 2 aromatic carbocycles. The maximum Gasteiger partial charge on any atom is 0.418 e. The Labute approximate surface area is 170 Å². The molecule has 0 unspecified atom stereocenters. The van der Waals surface area contributed by atoms with Gasteiger partial charge in [0.25, 0.3) is 0 Å². The lowest BCUT2D eigenvalue weighted by atomic mass is 10.1. The van der Waals surface area contributed by atoms with Crippen LogP contribution in [-0.4, -0.2) is 9.67 Å². The summed E-state index contributed by atoms with van der Waals surface area (Å²) in [4.78, 5) is 0.340. The van der Waals surface area contributed by atoms with E-state index < -0.39 is 11.7 Å². The van der Waals surface area contributed by atoms with E-state index in [1.165, 1.54) is 18.2 Å². The van der Waals surface area contributed by atoms with Crippen LogP contribution < -0.4 is 10.4 Å². The highest BCUT2D eigenvalue weighted by molar-refractivity contribution is 7.73. The van der Waals surface area contributed by atoms with Gasteiger partial charge in [0.1, 0.15) is 0 Å². The fraction of sp³-hybridized carbons (Fsp3) is 0.0556. The van der Waals surface area contributed by atoms with Crippen molar-refractivity contribution >= 4 is 35.5 Å². The van der Waals surface area contributed by atoms with Gasteiger partial charge in [-0.25, -0.2) is 0 Å². The van der Waals surface area contributed by atoms with Crippen molar-refractivity contribution in [3.05, 3.63) is 73.4 Å². The lowest BCUT2D eigenvalue weighted by molar-refractivity contribution is -0.137. The first-order valence-electron chi connectivity index (χ1n) is 8.10. The highest BCUT2D eigenvalue weighted by atomic mass is 32.1. The summed E-state index contributed by atoms with van der Waals surface area (Å²) in [6.45, 7) is 0. The van der Waals surface area contributed by atoms with Crippen LogP contribution in [0.15, 0.2) is 69.2 Å². The van der Waals surface area contributed by atoms with E-state index >= 15 is 0 Å². The number of hydrogen-bond donors (Lipinski definition) is 1. The van der Waals surface area contributed by atoms with Crippen LogP contribution in [0.25, 0.3) is 17.6 Å². The monoisotopic (exact) mass is 433 g/mol. The number of rotatable bonds is 2. The molecule has 0 spiro atoms. The normalized spacial score (nSPS) is 13.3. The lowest BCUT2D eigenvalue weighted by Gasteiger charge is -2.13. The van der Waals surface area contributed by atoms with E-state index in [0.717, 1.165) is 22.0 Å². The van der Waals surface area contributed by atoms with Crippen molar-refractivity contribution in [2.45, 2.75) is 6.18 Å². The van der Waals surface area contributed by atoms with E-state index in [4.69, 9.17) is 12.2 Å². The van der Waals surface area contributed by atoms with E-state index in [1.54, 1.807) is 30.3 Å². The van der Waals surface area contributed by atoms with E-state index in [9.17, 15) is 18.3 Å². The molecule has 1 aliphatic heterocycles. The molecule has 2 heterocycles. The number of halogens is 3. The molecule has 11 heteroatoms. The van der Waals surface area contributed by atoms with Gasteiger partial charge in [-0.2, -0.15) is 13.2 Å². The Morgan fingerprint density at radius 3 is 2.31 bits per heavy atom. The van der Waals surface area contributed by atoms with Crippen molar-refractivity contribution < 1.29 is 18.3 Å². The summed E-state index contributed by atoms with van der Waals surface area (Å²) in [5, 5.41) is 26.4. The smallest absolute Gasteiger partial charge is 0.418 e. The molecule has 0 bridgehead atoms. The van der Waals surface area contributed by atoms with Crippen molar-refractivity contribution in [1.29, 1.82) is 0 Å². The molecular weight excluding hydrogens is 423 g/mol. The van der Waals surface area contributed by atoms with Crippen LogP contribution in [0.5, 0.6) is 5.88 Å². The minimum Gasteiger partial charge on any atom is -0.493 e. The van der Waals surface area contributed by atoms with Crippen LogP contribution in [0.3, 0.4) is 0 Å². The Kier molecular flexibility index (Phi) is 4.84. The summed E-state index contributed by atoms with van der Waals surface area (Å²) >= 11 is 6.23. The Balaban J connectivity index is 1.81. The average molecular weight is 433 g/mol. The second-order valence-electron chi connectivity index (χ2n) is 5.87. The molecule has 1 aromatic heterocycles. The molecule has 0 fully saturated rings. The summed E-state index contributed by atoms with van der Waals surface area (Å²) < 4.78 is 41.2. The van der Waals surface area contributed by atoms with Crippen molar-refractivity contribution in [3.8, 4) is 11.6 Å². The second-order valence-corrected chi connectivity index (χ2v) is 7.55. The zero-order valence-electron chi connectivity index (χ0n) is 14.3. The van der Waals surface area contributed by atoms with Gasteiger partial charge in [-0.05, 0) is 46.1 Å². The molecule has 29 heavy (non-hydrogen) atoms. The molecule has 3 aromatic rings. The number of nitrogens with zero attached hydrogens (tertiary/aromatic N) is 5. The topological polar surface area (TPSA) is 74.6 Å². The lowest BCUT2D eigenvalue weighted by Crippen LogP contribution is -2.10. The van der Waals surface area contributed by atoms with E-state index in [2.05, 4.69) is 20.7 Å². The zero-order valence-corrected chi connectivity index (χ0v) is 16.0. The summed E-state index contributed by atoms with van der Waals surface area (Å²) in [6, 6.07) is 12.0. The van der Waals surface area contributed by atoms with Gasteiger partial charge in [0, 0.05) is 5.22 Å². The second kappa shape index (κ2) is 7.33. The van der Waals surface area contributed by atoms with Crippen LogP contribution in [-0.2, 0) is 6.18 Å². The van der Waals surface area contributed by atoms with Crippen LogP contribution in [0.2, 0.25) is 0 Å². The number of aromatic nitrogens is 1. The maximum absolute atomic E-state index is 13.4. The Hall–Kier alpha value is -3.18. The fourth-order valence-electron chi connectivity index (χ4n) is 2.74. The average Bonchev–Trinajstić information content (AvgIpc) is 3.31. The first-order chi connectivity index (χ1) is 13.8. The first kappa shape index (κ1) is 19.2. The third-order valence-corrected chi connectivity index (χ3v) is 5.36. The van der Waals surface area contributed by atoms with E-state index in [-0.39, 0.29) is 15.5 Å². The zero-order chi connectivity index (χ0) is 20.6. The van der Waals surface area contributed by atoms with Crippen molar-refractivity contribution in [1.82, 2.24) is 4.57 Å². The van der Waals surface area contributed by atoms with Gasteiger partial charge in [0.05, 0.1) is 16.1 Å². The molecule has 1 N–H and O–H groups in total. The van der Waals surface area contributed by atoms with Crippen LogP contribution in [0.4, 0.5) is 13.2 Å². The predicted octanol–water partition coefficient (Wildman–Crippen LogP) is 4.72. The van der Waals surface area contributed by atoms with Crippen LogP contribution in [0, 0.1) is 3.95 Å². The molecule has 4 rings (SSSR count). The molecule has 1 aliphatic rings. The molecule has 0 saturated heterocycles. The molecular formula is C18H10F3N5OS2. The Morgan fingerprint density at radius 2 is 1.66 bits per heavy atom. The summed E-state index contributed by atoms with van der Waals surface area (Å²) in [6.07, 6.45) is -2.94. The third-order valence-electron chi connectivity index (χ3n) is 4.05. The van der Waals surface area contributed by atoms with Crippen LogP contribution in [0.1, 0.15) is 10.4 Å². The molecule has 146 valence electrons. The van der Waals surface area contributed by atoms with Gasteiger partial charge in [-0.3, -0.25) is 4.57 Å². The number of aromatic hydroxyl groups is 1. The highest BCUT2D eigenvalue weighted by Gasteiger charge is 2.34. The van der Waals surface area contributed by atoms with Gasteiger partial charge in [0.15, 0.2) is 3.95 Å². The Morgan fingerprint density at radius 1 is 1.00 bits per heavy atom. The molecule has 0 atom stereocenters. The minimum absolute atomic E-state index is 0.101. The van der Waals surface area contributed by atoms with Gasteiger partial charge in [0.2, 0.25) is 11.7 Å². The number of thiazole rings is 1. The molecule has 0 saturated carbocycles. The van der Waals surface area contributed by atoms with Gasteiger partial charge < -0.3 is 5.11 Å². The van der Waals surface area contributed by atoms with E-state index in [1.807, 2.05) is 0 Å². The predicted molar refractivity (Wildman–Crippen MR) is 104 cm³/mol. The third kappa shape index (κ3) is 3.74. The quantitative estimate of drug-likeness (QED) is 0.594. The maximum atomic E-state index is 13.4. The molecule has 6 nitrogen and oxygen atoms in total. The number of alkyl halides is 3. The van der Waals surface area contributed by atoms with Crippen LogP contribution >= 0.6 is 23.6 Å². The Bertz CT molecular complexity index is 1300. The van der Waals surface area contributed by atoms with Crippen molar-refractivity contribution in [3.63, 3.8) is 0 Å². The number of benzene rings is 2. The SMILES string of the molecule is Oc1c(C=c2ccc(=C3N=NN=N3)cc2)sc(=S)n1-c1ccccc1C(F)(F)F. The summed E-state index contributed by atoms with van der Waals surface area (Å²) in [5.41, 5.74) is -1.10. The molecule has 0 amide bonds. The summed E-state index contributed by atoms with van der Waals surface area (Å²) in [7, 11) is 0. The minimum atomic E-state index is -4.58. The first-order valence-corrected chi connectivity index (χ1v) is 9.32. The molecule has 0 aliphatic carbocycles. The van der Waals surface area contributed by atoms with Gasteiger partial charge >= 0.3 is 6.18 Å². The van der Waals surface area contributed by atoms with Gasteiger partial charge in [-0.1, -0.05) is 36.4 Å². The van der Waals surface area contributed by atoms with Gasteiger partial charge in [-0.15, -0.1) is 21.6 Å².